The van der Waals surface area contributed by atoms with Crippen LogP contribution in [0, 0.1) is 6.92 Å². The lowest BCUT2D eigenvalue weighted by atomic mass is 10.0. The molecule has 0 saturated carbocycles. The van der Waals surface area contributed by atoms with Gasteiger partial charge in [0.15, 0.2) is 5.78 Å². The van der Waals surface area contributed by atoms with Gasteiger partial charge < -0.3 is 4.74 Å². The summed E-state index contributed by atoms with van der Waals surface area (Å²) in [5.41, 5.74) is 1.78. The fourth-order valence-corrected chi connectivity index (χ4v) is 2.25. The SMILES string of the molecule is Cc1ccncc1C(=O)CCCC1CCCO1. The van der Waals surface area contributed by atoms with Gasteiger partial charge in [-0.3, -0.25) is 9.78 Å². The summed E-state index contributed by atoms with van der Waals surface area (Å²) >= 11 is 0. The minimum absolute atomic E-state index is 0.202. The molecule has 1 atom stereocenters. The molecular formula is C14H19NO2. The number of ketones is 1. The molecule has 3 nitrogen and oxygen atoms in total. The number of carbonyl (C=O) groups excluding carboxylic acids is 1. The Morgan fingerprint density at radius 2 is 2.47 bits per heavy atom. The summed E-state index contributed by atoms with van der Waals surface area (Å²) in [6.07, 6.45) is 8.62. The molecular weight excluding hydrogens is 214 g/mol. The van der Waals surface area contributed by atoms with E-state index in [1.54, 1.807) is 12.4 Å². The monoisotopic (exact) mass is 233 g/mol. The molecule has 0 radical (unpaired) electrons. The molecule has 0 bridgehead atoms. The molecule has 1 saturated heterocycles. The molecule has 0 aliphatic carbocycles. The maximum Gasteiger partial charge on any atom is 0.164 e. The molecule has 1 unspecified atom stereocenters. The number of aromatic nitrogens is 1. The smallest absolute Gasteiger partial charge is 0.164 e. The Kier molecular flexibility index (Phi) is 4.26. The maximum absolute atomic E-state index is 12.0. The van der Waals surface area contributed by atoms with Crippen molar-refractivity contribution in [1.29, 1.82) is 0 Å². The quantitative estimate of drug-likeness (QED) is 0.734. The van der Waals surface area contributed by atoms with Crippen LogP contribution in [-0.2, 0) is 4.74 Å². The zero-order valence-corrected chi connectivity index (χ0v) is 10.3. The van der Waals surface area contributed by atoms with E-state index in [4.69, 9.17) is 4.74 Å². The van der Waals surface area contributed by atoms with Crippen LogP contribution in [0.5, 0.6) is 0 Å². The number of nitrogens with zero attached hydrogens (tertiary/aromatic N) is 1. The molecule has 2 heterocycles. The Balaban J connectivity index is 1.79. The zero-order chi connectivity index (χ0) is 12.1. The number of hydrogen-bond donors (Lipinski definition) is 0. The minimum Gasteiger partial charge on any atom is -0.378 e. The first-order valence-electron chi connectivity index (χ1n) is 6.33. The van der Waals surface area contributed by atoms with E-state index in [2.05, 4.69) is 4.98 Å². The summed E-state index contributed by atoms with van der Waals surface area (Å²) in [7, 11) is 0. The van der Waals surface area contributed by atoms with E-state index in [9.17, 15) is 4.79 Å². The van der Waals surface area contributed by atoms with E-state index in [1.807, 2.05) is 13.0 Å². The standard InChI is InChI=1S/C14H19NO2/c1-11-7-8-15-10-13(11)14(16)6-2-4-12-5-3-9-17-12/h7-8,10,12H,2-6,9H2,1H3. The first kappa shape index (κ1) is 12.2. The van der Waals surface area contributed by atoms with Crippen LogP contribution >= 0.6 is 0 Å². The van der Waals surface area contributed by atoms with E-state index < -0.39 is 0 Å². The van der Waals surface area contributed by atoms with Crippen molar-refractivity contribution in [2.75, 3.05) is 6.61 Å². The Morgan fingerprint density at radius 1 is 1.59 bits per heavy atom. The molecule has 2 rings (SSSR count). The highest BCUT2D eigenvalue weighted by molar-refractivity contribution is 5.97. The van der Waals surface area contributed by atoms with Gasteiger partial charge in [-0.2, -0.15) is 0 Å². The molecule has 0 spiro atoms. The minimum atomic E-state index is 0.202. The van der Waals surface area contributed by atoms with Crippen LogP contribution in [0.3, 0.4) is 0 Å². The lowest BCUT2D eigenvalue weighted by Crippen LogP contribution is -2.07. The largest absolute Gasteiger partial charge is 0.378 e. The van der Waals surface area contributed by atoms with Crippen molar-refractivity contribution in [3.05, 3.63) is 29.6 Å². The van der Waals surface area contributed by atoms with Crippen molar-refractivity contribution in [1.82, 2.24) is 4.98 Å². The molecule has 1 aromatic rings. The van der Waals surface area contributed by atoms with E-state index >= 15 is 0 Å². The van der Waals surface area contributed by atoms with Crippen LogP contribution in [0.4, 0.5) is 0 Å². The summed E-state index contributed by atoms with van der Waals surface area (Å²) in [4.78, 5) is 16.0. The van der Waals surface area contributed by atoms with Crippen molar-refractivity contribution in [3.8, 4) is 0 Å². The van der Waals surface area contributed by atoms with E-state index in [-0.39, 0.29) is 5.78 Å². The Morgan fingerprint density at radius 3 is 3.18 bits per heavy atom. The lowest BCUT2D eigenvalue weighted by molar-refractivity contribution is 0.0922. The molecule has 92 valence electrons. The van der Waals surface area contributed by atoms with Crippen LogP contribution in [0.1, 0.15) is 48.0 Å². The summed E-state index contributed by atoms with van der Waals surface area (Å²) in [6.45, 7) is 2.84. The summed E-state index contributed by atoms with van der Waals surface area (Å²) in [6, 6.07) is 1.88. The third kappa shape index (κ3) is 3.37. The summed E-state index contributed by atoms with van der Waals surface area (Å²) in [5, 5.41) is 0. The summed E-state index contributed by atoms with van der Waals surface area (Å²) < 4.78 is 5.54. The second kappa shape index (κ2) is 5.92. The molecule has 1 aliphatic rings. The van der Waals surface area contributed by atoms with Gasteiger partial charge in [-0.25, -0.2) is 0 Å². The number of carbonyl (C=O) groups is 1. The Bertz CT molecular complexity index is 384. The van der Waals surface area contributed by atoms with Gasteiger partial charge in [-0.05, 0) is 44.2 Å². The molecule has 0 aromatic carbocycles. The highest BCUT2D eigenvalue weighted by Crippen LogP contribution is 2.19. The first-order chi connectivity index (χ1) is 8.27. The summed E-state index contributed by atoms with van der Waals surface area (Å²) in [5.74, 6) is 0.202. The van der Waals surface area contributed by atoms with Crippen LogP contribution < -0.4 is 0 Å². The van der Waals surface area contributed by atoms with Crippen molar-refractivity contribution in [2.45, 2.75) is 45.1 Å². The Hall–Kier alpha value is -1.22. The fourth-order valence-electron chi connectivity index (χ4n) is 2.25. The highest BCUT2D eigenvalue weighted by atomic mass is 16.5. The number of ether oxygens (including phenoxy) is 1. The van der Waals surface area contributed by atoms with Crippen molar-refractivity contribution < 1.29 is 9.53 Å². The number of hydrogen-bond acceptors (Lipinski definition) is 3. The van der Waals surface area contributed by atoms with Crippen molar-refractivity contribution in [3.63, 3.8) is 0 Å². The van der Waals surface area contributed by atoms with Gasteiger partial charge in [-0.1, -0.05) is 0 Å². The number of pyridine rings is 1. The molecule has 1 aliphatic heterocycles. The van der Waals surface area contributed by atoms with E-state index in [0.717, 1.165) is 37.0 Å². The van der Waals surface area contributed by atoms with Gasteiger partial charge in [-0.15, -0.1) is 0 Å². The normalized spacial score (nSPS) is 19.5. The van der Waals surface area contributed by atoms with Crippen LogP contribution in [0.15, 0.2) is 18.5 Å². The molecule has 3 heteroatoms. The van der Waals surface area contributed by atoms with Crippen molar-refractivity contribution in [2.24, 2.45) is 0 Å². The fraction of sp³-hybridized carbons (Fsp3) is 0.571. The van der Waals surface area contributed by atoms with Gasteiger partial charge in [0.2, 0.25) is 0 Å². The predicted octanol–water partition coefficient (Wildman–Crippen LogP) is 2.92. The molecule has 17 heavy (non-hydrogen) atoms. The van der Waals surface area contributed by atoms with Gasteiger partial charge >= 0.3 is 0 Å². The molecule has 1 fully saturated rings. The Labute approximate surface area is 102 Å². The molecule has 1 aromatic heterocycles. The number of aryl methyl sites for hydroxylation is 1. The van der Waals surface area contributed by atoms with Crippen molar-refractivity contribution >= 4 is 5.78 Å². The van der Waals surface area contributed by atoms with Gasteiger partial charge in [0.25, 0.3) is 0 Å². The first-order valence-corrected chi connectivity index (χ1v) is 6.33. The topological polar surface area (TPSA) is 39.2 Å². The average Bonchev–Trinajstić information content (AvgIpc) is 2.82. The number of Topliss-reactive ketones (excluding diaryl/α,β-unsaturated/α-hetero) is 1. The van der Waals surface area contributed by atoms with E-state index in [1.165, 1.54) is 6.42 Å². The van der Waals surface area contributed by atoms with Crippen LogP contribution in [-0.4, -0.2) is 23.5 Å². The van der Waals surface area contributed by atoms with Gasteiger partial charge in [0.1, 0.15) is 0 Å². The number of rotatable bonds is 5. The van der Waals surface area contributed by atoms with Gasteiger partial charge in [0, 0.05) is 31.0 Å². The third-order valence-corrected chi connectivity index (χ3v) is 3.29. The second-order valence-corrected chi connectivity index (χ2v) is 4.64. The third-order valence-electron chi connectivity index (χ3n) is 3.29. The maximum atomic E-state index is 12.0. The average molecular weight is 233 g/mol. The van der Waals surface area contributed by atoms with Crippen LogP contribution in [0.25, 0.3) is 0 Å². The second-order valence-electron chi connectivity index (χ2n) is 4.64. The predicted molar refractivity (Wildman–Crippen MR) is 66.1 cm³/mol. The van der Waals surface area contributed by atoms with Gasteiger partial charge in [0.05, 0.1) is 6.10 Å². The molecule has 0 N–H and O–H groups in total. The van der Waals surface area contributed by atoms with Crippen LogP contribution in [0.2, 0.25) is 0 Å². The molecule has 0 amide bonds. The van der Waals surface area contributed by atoms with E-state index in [0.29, 0.717) is 12.5 Å². The zero-order valence-electron chi connectivity index (χ0n) is 10.3. The lowest BCUT2D eigenvalue weighted by Gasteiger charge is -2.08. The highest BCUT2D eigenvalue weighted by Gasteiger charge is 2.16.